The van der Waals surface area contributed by atoms with E-state index in [0.717, 1.165) is 25.1 Å². The summed E-state index contributed by atoms with van der Waals surface area (Å²) in [4.78, 5) is 27.3. The summed E-state index contributed by atoms with van der Waals surface area (Å²) in [5, 5.41) is 7.03. The van der Waals surface area contributed by atoms with Crippen LogP contribution in [-0.4, -0.2) is 44.1 Å². The maximum atomic E-state index is 12.8. The van der Waals surface area contributed by atoms with E-state index in [1.54, 1.807) is 18.6 Å². The number of hydrogen-bond donors (Lipinski definition) is 1. The van der Waals surface area contributed by atoms with Crippen molar-refractivity contribution in [1.82, 2.24) is 25.0 Å². The Morgan fingerprint density at radius 1 is 1.23 bits per heavy atom. The van der Waals surface area contributed by atoms with Gasteiger partial charge in [0, 0.05) is 37.6 Å². The number of amides is 2. The van der Waals surface area contributed by atoms with Crippen molar-refractivity contribution in [3.8, 4) is 11.5 Å². The van der Waals surface area contributed by atoms with E-state index in [4.69, 9.17) is 4.52 Å². The predicted octanol–water partition coefficient (Wildman–Crippen LogP) is 4.31. The highest BCUT2D eigenvalue weighted by molar-refractivity contribution is 5.89. The molecule has 3 aromatic rings. The Kier molecular flexibility index (Phi) is 5.97. The molecule has 1 fully saturated rings. The molecule has 2 amide bonds. The number of hydrogen-bond acceptors (Lipinski definition) is 6. The van der Waals surface area contributed by atoms with Crippen molar-refractivity contribution in [3.05, 3.63) is 54.3 Å². The molecule has 0 saturated carbocycles. The first-order valence-corrected chi connectivity index (χ1v) is 10.6. The first kappa shape index (κ1) is 21.0. The van der Waals surface area contributed by atoms with Crippen LogP contribution in [0.5, 0.6) is 0 Å². The van der Waals surface area contributed by atoms with Crippen molar-refractivity contribution < 1.29 is 9.32 Å². The van der Waals surface area contributed by atoms with Crippen molar-refractivity contribution in [2.45, 2.75) is 45.4 Å². The fourth-order valence-electron chi connectivity index (χ4n) is 3.78. The summed E-state index contributed by atoms with van der Waals surface area (Å²) in [6.07, 6.45) is 7.41. The molecular weight excluding hydrogens is 392 g/mol. The lowest BCUT2D eigenvalue weighted by molar-refractivity contribution is 0.173. The second-order valence-corrected chi connectivity index (χ2v) is 9.02. The Balaban J connectivity index is 1.34. The molecule has 1 atom stereocenters. The monoisotopic (exact) mass is 420 g/mol. The average Bonchev–Trinajstić information content (AvgIpc) is 3.23. The van der Waals surface area contributed by atoms with Crippen LogP contribution in [0.3, 0.4) is 0 Å². The molecular formula is C23H28N6O2. The summed E-state index contributed by atoms with van der Waals surface area (Å²) in [6, 6.07) is 8.00. The van der Waals surface area contributed by atoms with E-state index in [1.807, 2.05) is 17.0 Å². The molecule has 162 valence electrons. The largest absolute Gasteiger partial charge is 0.339 e. The maximum Gasteiger partial charge on any atom is 0.321 e. The second kappa shape index (κ2) is 8.83. The minimum atomic E-state index is -0.0704. The molecule has 4 rings (SSSR count). The smallest absolute Gasteiger partial charge is 0.321 e. The van der Waals surface area contributed by atoms with Crippen LogP contribution in [0.4, 0.5) is 10.5 Å². The number of anilines is 1. The normalized spacial score (nSPS) is 16.9. The molecule has 0 spiro atoms. The minimum Gasteiger partial charge on any atom is -0.339 e. The Hall–Kier alpha value is -3.29. The van der Waals surface area contributed by atoms with Crippen molar-refractivity contribution >= 4 is 11.7 Å². The van der Waals surface area contributed by atoms with Crippen LogP contribution in [0.2, 0.25) is 0 Å². The van der Waals surface area contributed by atoms with Gasteiger partial charge in [-0.2, -0.15) is 4.98 Å². The third-order valence-electron chi connectivity index (χ3n) is 5.53. The molecule has 1 N–H and O–H groups in total. The van der Waals surface area contributed by atoms with Gasteiger partial charge in [0.2, 0.25) is 11.7 Å². The SMILES string of the molecule is CC(C)(C)c1ccc(NC(=O)N2CCCC(Cc3nc(-c4cnccn4)no3)C2)cc1. The molecule has 0 aliphatic carbocycles. The summed E-state index contributed by atoms with van der Waals surface area (Å²) < 4.78 is 5.40. The van der Waals surface area contributed by atoms with E-state index in [1.165, 1.54) is 5.56 Å². The summed E-state index contributed by atoms with van der Waals surface area (Å²) >= 11 is 0. The van der Waals surface area contributed by atoms with Crippen LogP contribution in [0.1, 0.15) is 45.1 Å². The van der Waals surface area contributed by atoms with Gasteiger partial charge in [-0.3, -0.25) is 4.98 Å². The van der Waals surface area contributed by atoms with E-state index >= 15 is 0 Å². The number of rotatable bonds is 4. The molecule has 1 aliphatic rings. The molecule has 0 radical (unpaired) electrons. The highest BCUT2D eigenvalue weighted by atomic mass is 16.5. The van der Waals surface area contributed by atoms with E-state index < -0.39 is 0 Å². The van der Waals surface area contributed by atoms with Gasteiger partial charge in [0.25, 0.3) is 0 Å². The van der Waals surface area contributed by atoms with Gasteiger partial charge in [0.1, 0.15) is 5.69 Å². The average molecular weight is 421 g/mol. The number of nitrogens with one attached hydrogen (secondary N) is 1. The molecule has 3 heterocycles. The molecule has 1 unspecified atom stereocenters. The molecule has 2 aromatic heterocycles. The number of piperidine rings is 1. The molecule has 1 aromatic carbocycles. The van der Waals surface area contributed by atoms with Crippen LogP contribution >= 0.6 is 0 Å². The summed E-state index contributed by atoms with van der Waals surface area (Å²) in [6.45, 7) is 7.93. The fraction of sp³-hybridized carbons (Fsp3) is 0.435. The van der Waals surface area contributed by atoms with Gasteiger partial charge < -0.3 is 14.7 Å². The number of urea groups is 1. The van der Waals surface area contributed by atoms with Crippen molar-refractivity contribution in [3.63, 3.8) is 0 Å². The van der Waals surface area contributed by atoms with E-state index in [2.05, 4.69) is 58.3 Å². The highest BCUT2D eigenvalue weighted by Crippen LogP contribution is 2.25. The van der Waals surface area contributed by atoms with E-state index in [0.29, 0.717) is 30.4 Å². The lowest BCUT2D eigenvalue weighted by Crippen LogP contribution is -2.42. The molecule has 8 nitrogen and oxygen atoms in total. The maximum absolute atomic E-state index is 12.8. The van der Waals surface area contributed by atoms with Crippen molar-refractivity contribution in [2.75, 3.05) is 18.4 Å². The van der Waals surface area contributed by atoms with Gasteiger partial charge in [0.05, 0.1) is 6.20 Å². The molecule has 0 bridgehead atoms. The zero-order valence-electron chi connectivity index (χ0n) is 18.2. The van der Waals surface area contributed by atoms with E-state index in [9.17, 15) is 4.79 Å². The van der Waals surface area contributed by atoms with Gasteiger partial charge in [-0.1, -0.05) is 38.1 Å². The van der Waals surface area contributed by atoms with Gasteiger partial charge in [-0.15, -0.1) is 0 Å². The topological polar surface area (TPSA) is 97.0 Å². The fourth-order valence-corrected chi connectivity index (χ4v) is 3.78. The zero-order chi connectivity index (χ0) is 21.8. The molecule has 1 saturated heterocycles. The third-order valence-corrected chi connectivity index (χ3v) is 5.53. The first-order chi connectivity index (χ1) is 14.9. The van der Waals surface area contributed by atoms with Crippen LogP contribution < -0.4 is 5.32 Å². The number of nitrogens with zero attached hydrogens (tertiary/aromatic N) is 5. The lowest BCUT2D eigenvalue weighted by atomic mass is 9.87. The number of likely N-dealkylation sites (tertiary alicyclic amines) is 1. The summed E-state index contributed by atoms with van der Waals surface area (Å²) in [5.74, 6) is 1.27. The second-order valence-electron chi connectivity index (χ2n) is 9.02. The molecule has 1 aliphatic heterocycles. The predicted molar refractivity (Wildman–Crippen MR) is 117 cm³/mol. The van der Waals surface area contributed by atoms with Crippen LogP contribution in [0.25, 0.3) is 11.5 Å². The van der Waals surface area contributed by atoms with Gasteiger partial charge >= 0.3 is 6.03 Å². The molecule has 31 heavy (non-hydrogen) atoms. The number of benzene rings is 1. The van der Waals surface area contributed by atoms with Gasteiger partial charge in [-0.25, -0.2) is 9.78 Å². The van der Waals surface area contributed by atoms with Crippen molar-refractivity contribution in [2.24, 2.45) is 5.92 Å². The number of carbonyl (C=O) groups excluding carboxylic acids is 1. The number of carbonyl (C=O) groups is 1. The van der Waals surface area contributed by atoms with E-state index in [-0.39, 0.29) is 17.4 Å². The lowest BCUT2D eigenvalue weighted by Gasteiger charge is -2.32. The zero-order valence-corrected chi connectivity index (χ0v) is 18.2. The Bertz CT molecular complexity index is 1010. The third kappa shape index (κ3) is 5.25. The summed E-state index contributed by atoms with van der Waals surface area (Å²) in [5.41, 5.74) is 2.72. The minimum absolute atomic E-state index is 0.0704. The standard InChI is InChI=1S/C23H28N6O2/c1-23(2,3)17-6-8-18(9-7-17)26-22(30)29-12-4-5-16(15-29)13-20-27-21(28-31-20)19-14-24-10-11-25-19/h6-11,14,16H,4-5,12-13,15H2,1-3H3,(H,26,30). The van der Waals surface area contributed by atoms with Crippen molar-refractivity contribution in [1.29, 1.82) is 0 Å². The quantitative estimate of drug-likeness (QED) is 0.675. The van der Waals surface area contributed by atoms with Crippen LogP contribution in [0.15, 0.2) is 47.4 Å². The molecule has 8 heteroatoms. The highest BCUT2D eigenvalue weighted by Gasteiger charge is 2.26. The van der Waals surface area contributed by atoms with Crippen LogP contribution in [-0.2, 0) is 11.8 Å². The number of aromatic nitrogens is 4. The Labute approximate surface area is 182 Å². The Morgan fingerprint density at radius 3 is 2.74 bits per heavy atom. The van der Waals surface area contributed by atoms with Gasteiger partial charge in [0.15, 0.2) is 0 Å². The van der Waals surface area contributed by atoms with Crippen LogP contribution in [0, 0.1) is 5.92 Å². The Morgan fingerprint density at radius 2 is 2.03 bits per heavy atom. The summed E-state index contributed by atoms with van der Waals surface area (Å²) in [7, 11) is 0. The van der Waals surface area contributed by atoms with Gasteiger partial charge in [-0.05, 0) is 41.9 Å². The first-order valence-electron chi connectivity index (χ1n) is 10.6.